The van der Waals surface area contributed by atoms with Crippen molar-refractivity contribution in [3.63, 3.8) is 0 Å². The molecule has 0 bridgehead atoms. The fourth-order valence-electron chi connectivity index (χ4n) is 4.44. The predicted octanol–water partition coefficient (Wildman–Crippen LogP) is 6.88. The zero-order chi connectivity index (χ0) is 27.6. The number of pyridine rings is 1. The minimum atomic E-state index is -3.96. The van der Waals surface area contributed by atoms with Crippen LogP contribution >= 0.6 is 31.9 Å². The van der Waals surface area contributed by atoms with Gasteiger partial charge in [-0.1, -0.05) is 50.1 Å². The highest BCUT2D eigenvalue weighted by molar-refractivity contribution is 9.11. The molecule has 1 heterocycles. The van der Waals surface area contributed by atoms with E-state index in [-0.39, 0.29) is 35.7 Å². The molecule has 0 aliphatic heterocycles. The van der Waals surface area contributed by atoms with Crippen LogP contribution in [-0.2, 0) is 27.9 Å². The van der Waals surface area contributed by atoms with E-state index in [1.54, 1.807) is 36.7 Å². The summed E-state index contributed by atoms with van der Waals surface area (Å²) < 4.78 is 44.0. The standard InChI is InChI=1S/C29H24Br2FN3O3S/c30-27-2-1-3-28(31)26(27)18-35(17-19-4-6-21(32)7-5-19)39(37,38)23-10-8-22(9-11-23)34-29(36)25-16-24(25)20-12-14-33-15-13-20/h1-15,24-25H,16-18H2,(H,34,36). The average molecular weight is 673 g/mol. The zero-order valence-electron chi connectivity index (χ0n) is 20.6. The molecular formula is C29H24Br2FN3O3S. The van der Waals surface area contributed by atoms with Gasteiger partial charge in [-0.25, -0.2) is 12.8 Å². The van der Waals surface area contributed by atoms with E-state index in [0.717, 1.165) is 26.5 Å². The molecule has 39 heavy (non-hydrogen) atoms. The predicted molar refractivity (Wildman–Crippen MR) is 155 cm³/mol. The summed E-state index contributed by atoms with van der Waals surface area (Å²) in [5, 5.41) is 2.90. The summed E-state index contributed by atoms with van der Waals surface area (Å²) in [5.41, 5.74) is 3.03. The van der Waals surface area contributed by atoms with Crippen molar-refractivity contribution in [1.29, 1.82) is 0 Å². The molecule has 1 aliphatic rings. The van der Waals surface area contributed by atoms with Crippen LogP contribution in [0.1, 0.15) is 29.0 Å². The summed E-state index contributed by atoms with van der Waals surface area (Å²) >= 11 is 7.03. The fraction of sp³-hybridized carbons (Fsp3) is 0.172. The van der Waals surface area contributed by atoms with E-state index in [9.17, 15) is 17.6 Å². The van der Waals surface area contributed by atoms with Crippen LogP contribution in [-0.4, -0.2) is 23.6 Å². The van der Waals surface area contributed by atoms with Crippen LogP contribution in [0.4, 0.5) is 10.1 Å². The van der Waals surface area contributed by atoms with Crippen LogP contribution in [0.2, 0.25) is 0 Å². The van der Waals surface area contributed by atoms with Gasteiger partial charge in [0.1, 0.15) is 5.82 Å². The molecule has 1 aliphatic carbocycles. The van der Waals surface area contributed by atoms with E-state index in [4.69, 9.17) is 0 Å². The first-order valence-corrected chi connectivity index (χ1v) is 15.2. The van der Waals surface area contributed by atoms with Crippen LogP contribution in [0, 0.1) is 11.7 Å². The molecule has 2 atom stereocenters. The summed E-state index contributed by atoms with van der Waals surface area (Å²) in [6, 6.07) is 21.3. The lowest BCUT2D eigenvalue weighted by Crippen LogP contribution is -2.30. The number of nitrogens with one attached hydrogen (secondary N) is 1. The molecule has 1 amide bonds. The van der Waals surface area contributed by atoms with Crippen LogP contribution in [0.3, 0.4) is 0 Å². The first kappa shape index (κ1) is 27.6. The van der Waals surface area contributed by atoms with Gasteiger partial charge in [0.2, 0.25) is 15.9 Å². The van der Waals surface area contributed by atoms with Gasteiger partial charge in [-0.05, 0) is 89.7 Å². The molecule has 200 valence electrons. The molecule has 2 unspecified atom stereocenters. The molecule has 1 fully saturated rings. The summed E-state index contributed by atoms with van der Waals surface area (Å²) in [5.74, 6) is -0.434. The Morgan fingerprint density at radius 3 is 2.21 bits per heavy atom. The highest BCUT2D eigenvalue weighted by atomic mass is 79.9. The fourth-order valence-corrected chi connectivity index (χ4v) is 7.08. The van der Waals surface area contributed by atoms with Crippen molar-refractivity contribution in [2.24, 2.45) is 5.92 Å². The Kier molecular flexibility index (Phi) is 8.27. The highest BCUT2D eigenvalue weighted by Gasteiger charge is 2.43. The Balaban J connectivity index is 1.34. The third-order valence-electron chi connectivity index (χ3n) is 6.69. The first-order chi connectivity index (χ1) is 18.7. The van der Waals surface area contributed by atoms with Gasteiger partial charge < -0.3 is 5.32 Å². The van der Waals surface area contributed by atoms with Gasteiger partial charge in [0.25, 0.3) is 0 Å². The maximum Gasteiger partial charge on any atom is 0.243 e. The van der Waals surface area contributed by atoms with Crippen molar-refractivity contribution in [2.75, 3.05) is 5.32 Å². The van der Waals surface area contributed by atoms with Crippen molar-refractivity contribution in [3.8, 4) is 0 Å². The number of amides is 1. The Bertz CT molecular complexity index is 1560. The van der Waals surface area contributed by atoms with Gasteiger partial charge in [-0.3, -0.25) is 9.78 Å². The van der Waals surface area contributed by atoms with E-state index >= 15 is 0 Å². The molecule has 10 heteroatoms. The number of hydrogen-bond acceptors (Lipinski definition) is 4. The van der Waals surface area contributed by atoms with Gasteiger partial charge in [-0.15, -0.1) is 0 Å². The van der Waals surface area contributed by atoms with Crippen LogP contribution in [0.5, 0.6) is 0 Å². The average Bonchev–Trinajstić information content (AvgIpc) is 3.73. The molecule has 0 radical (unpaired) electrons. The van der Waals surface area contributed by atoms with Gasteiger partial charge >= 0.3 is 0 Å². The number of rotatable bonds is 9. The lowest BCUT2D eigenvalue weighted by Gasteiger charge is -2.24. The lowest BCUT2D eigenvalue weighted by atomic mass is 10.1. The van der Waals surface area contributed by atoms with Gasteiger partial charge in [0.05, 0.1) is 4.90 Å². The summed E-state index contributed by atoms with van der Waals surface area (Å²) in [4.78, 5) is 16.9. The second kappa shape index (κ2) is 11.7. The van der Waals surface area contributed by atoms with Crippen molar-refractivity contribution >= 4 is 53.5 Å². The first-order valence-electron chi connectivity index (χ1n) is 12.2. The van der Waals surface area contributed by atoms with E-state index in [2.05, 4.69) is 42.2 Å². The Labute approximate surface area is 243 Å². The largest absolute Gasteiger partial charge is 0.326 e. The van der Waals surface area contributed by atoms with Crippen molar-refractivity contribution < 1.29 is 17.6 Å². The van der Waals surface area contributed by atoms with E-state index in [1.165, 1.54) is 28.6 Å². The maximum atomic E-state index is 13.8. The zero-order valence-corrected chi connectivity index (χ0v) is 24.6. The van der Waals surface area contributed by atoms with Crippen molar-refractivity contribution in [1.82, 2.24) is 9.29 Å². The third kappa shape index (κ3) is 6.46. The van der Waals surface area contributed by atoms with E-state index in [0.29, 0.717) is 11.3 Å². The summed E-state index contributed by atoms with van der Waals surface area (Å²) in [6.45, 7) is 0.130. The topological polar surface area (TPSA) is 79.4 Å². The van der Waals surface area contributed by atoms with Crippen molar-refractivity contribution in [2.45, 2.75) is 30.3 Å². The molecule has 0 saturated heterocycles. The molecular weight excluding hydrogens is 649 g/mol. The number of hydrogen-bond donors (Lipinski definition) is 1. The highest BCUT2D eigenvalue weighted by Crippen LogP contribution is 2.47. The number of nitrogens with zero attached hydrogens (tertiary/aromatic N) is 2. The minimum Gasteiger partial charge on any atom is -0.326 e. The minimum absolute atomic E-state index is 0.0486. The summed E-state index contributed by atoms with van der Waals surface area (Å²) in [6.07, 6.45) is 4.21. The second-order valence-corrected chi connectivity index (χ2v) is 13.0. The number of carbonyl (C=O) groups excluding carboxylic acids is 1. The van der Waals surface area contributed by atoms with Gasteiger partial charge in [0, 0.05) is 46.0 Å². The maximum absolute atomic E-state index is 13.8. The Morgan fingerprint density at radius 1 is 0.923 bits per heavy atom. The molecule has 1 N–H and O–H groups in total. The Morgan fingerprint density at radius 2 is 1.56 bits per heavy atom. The number of carbonyl (C=O) groups is 1. The Hall–Kier alpha value is -2.92. The number of halogens is 3. The lowest BCUT2D eigenvalue weighted by molar-refractivity contribution is -0.117. The monoisotopic (exact) mass is 671 g/mol. The molecule has 0 spiro atoms. The molecule has 4 aromatic rings. The summed E-state index contributed by atoms with van der Waals surface area (Å²) in [7, 11) is -3.96. The molecule has 6 nitrogen and oxygen atoms in total. The van der Waals surface area contributed by atoms with Gasteiger partial charge in [0.15, 0.2) is 0 Å². The number of aromatic nitrogens is 1. The van der Waals surface area contributed by atoms with E-state index < -0.39 is 15.8 Å². The number of anilines is 1. The third-order valence-corrected chi connectivity index (χ3v) is 9.98. The van der Waals surface area contributed by atoms with Crippen LogP contribution < -0.4 is 5.32 Å². The number of sulfonamides is 1. The van der Waals surface area contributed by atoms with Crippen LogP contribution in [0.25, 0.3) is 0 Å². The quantitative estimate of drug-likeness (QED) is 0.210. The molecule has 3 aromatic carbocycles. The molecule has 5 rings (SSSR count). The van der Waals surface area contributed by atoms with Crippen LogP contribution in [0.15, 0.2) is 105 Å². The molecule has 1 aromatic heterocycles. The van der Waals surface area contributed by atoms with Crippen molar-refractivity contribution in [3.05, 3.63) is 123 Å². The molecule has 1 saturated carbocycles. The van der Waals surface area contributed by atoms with E-state index in [1.807, 2.05) is 30.3 Å². The SMILES string of the molecule is O=C(Nc1ccc(S(=O)(=O)N(Cc2ccc(F)cc2)Cc2c(Br)cccc2Br)cc1)C1CC1c1ccncc1. The normalized spacial score (nSPS) is 16.7. The number of benzene rings is 3. The van der Waals surface area contributed by atoms with Gasteiger partial charge in [-0.2, -0.15) is 4.31 Å². The smallest absolute Gasteiger partial charge is 0.243 e. The second-order valence-electron chi connectivity index (χ2n) is 9.34.